The zero-order chi connectivity index (χ0) is 19.5. The second kappa shape index (κ2) is 10.6. The van der Waals surface area contributed by atoms with E-state index in [1.807, 2.05) is 17.0 Å². The van der Waals surface area contributed by atoms with E-state index in [4.69, 9.17) is 16.3 Å². The molecule has 140 valence electrons. The Morgan fingerprint density at radius 1 is 1.07 bits per heavy atom. The molecular weight excluding hydrogens is 338 g/mol. The molecule has 0 aliphatic heterocycles. The largest absolute Gasteiger partial charge is 0.393 e. The predicted octanol–water partition coefficient (Wildman–Crippen LogP) is 3.78. The Balaban J connectivity index is 2.17. The third-order valence-electron chi connectivity index (χ3n) is 4.19. The first kappa shape index (κ1) is 20.0. The zero-order valence-electron chi connectivity index (χ0n) is 15.6. The second-order valence-corrected chi connectivity index (χ2v) is 6.19. The summed E-state index contributed by atoms with van der Waals surface area (Å²) in [5.74, 6) is 1.05. The Kier molecular flexibility index (Phi) is 7.87. The van der Waals surface area contributed by atoms with Gasteiger partial charge in [-0.05, 0) is 30.5 Å². The van der Waals surface area contributed by atoms with Gasteiger partial charge in [0.2, 0.25) is 0 Å². The molecule has 7 nitrogen and oxygen atoms in total. The molecule has 0 radical (unpaired) electrons. The predicted molar refractivity (Wildman–Crippen MR) is 107 cm³/mol. The maximum atomic E-state index is 8.86. The molecule has 0 spiro atoms. The van der Waals surface area contributed by atoms with Gasteiger partial charge < -0.3 is 16.0 Å². The van der Waals surface area contributed by atoms with Crippen LogP contribution in [-0.4, -0.2) is 23.1 Å². The zero-order valence-corrected chi connectivity index (χ0v) is 15.6. The summed E-state index contributed by atoms with van der Waals surface area (Å²) in [6.45, 7) is 3.11. The summed E-state index contributed by atoms with van der Waals surface area (Å²) in [7, 11) is 0. The van der Waals surface area contributed by atoms with Gasteiger partial charge in [0, 0.05) is 18.8 Å². The SMILES string of the molecule is CCCCc1ccc(Nc2ncnc(N(CCC#N)CCC#N)c2N)cc1. The van der Waals surface area contributed by atoms with Crippen molar-refractivity contribution in [2.24, 2.45) is 0 Å². The summed E-state index contributed by atoms with van der Waals surface area (Å²) >= 11 is 0. The Morgan fingerprint density at radius 3 is 2.33 bits per heavy atom. The molecule has 0 unspecified atom stereocenters. The van der Waals surface area contributed by atoms with Crippen LogP contribution in [0.4, 0.5) is 23.0 Å². The average Bonchev–Trinajstić information content (AvgIpc) is 2.69. The number of hydrogen-bond donors (Lipinski definition) is 2. The highest BCUT2D eigenvalue weighted by molar-refractivity contribution is 5.78. The number of nitrogens with one attached hydrogen (secondary N) is 1. The molecule has 0 aliphatic rings. The van der Waals surface area contributed by atoms with Gasteiger partial charge in [-0.3, -0.25) is 0 Å². The van der Waals surface area contributed by atoms with Crippen LogP contribution in [0.15, 0.2) is 30.6 Å². The number of aromatic nitrogens is 2. The Bertz CT molecular complexity index is 785. The first-order valence-corrected chi connectivity index (χ1v) is 9.14. The summed E-state index contributed by atoms with van der Waals surface area (Å²) in [5, 5.41) is 21.0. The van der Waals surface area contributed by atoms with Crippen LogP contribution < -0.4 is 16.0 Å². The topological polar surface area (TPSA) is 115 Å². The highest BCUT2D eigenvalue weighted by Gasteiger charge is 2.15. The lowest BCUT2D eigenvalue weighted by Gasteiger charge is -2.23. The van der Waals surface area contributed by atoms with Crippen LogP contribution in [0.5, 0.6) is 0 Å². The van der Waals surface area contributed by atoms with E-state index in [1.165, 1.54) is 24.7 Å². The Labute approximate surface area is 160 Å². The molecule has 2 rings (SSSR count). The number of nitrogens with zero attached hydrogens (tertiary/aromatic N) is 5. The van der Waals surface area contributed by atoms with Gasteiger partial charge in [-0.15, -0.1) is 0 Å². The van der Waals surface area contributed by atoms with Crippen molar-refractivity contribution in [3.05, 3.63) is 36.2 Å². The van der Waals surface area contributed by atoms with Crippen molar-refractivity contribution in [2.45, 2.75) is 39.0 Å². The minimum Gasteiger partial charge on any atom is -0.393 e. The van der Waals surface area contributed by atoms with Crippen molar-refractivity contribution in [3.63, 3.8) is 0 Å². The van der Waals surface area contributed by atoms with E-state index in [9.17, 15) is 0 Å². The standard InChI is InChI=1S/C20H25N7/c1-2-3-6-16-7-9-17(10-8-16)26-19-18(23)20(25-15-24-19)27(13-4-11-21)14-5-12-22/h7-10,15H,2-6,13-14,23H2,1H3,(H,24,25,26). The van der Waals surface area contributed by atoms with Gasteiger partial charge in [-0.2, -0.15) is 10.5 Å². The first-order chi connectivity index (χ1) is 13.2. The van der Waals surface area contributed by atoms with E-state index < -0.39 is 0 Å². The molecule has 1 heterocycles. The van der Waals surface area contributed by atoms with Crippen molar-refractivity contribution in [3.8, 4) is 12.1 Å². The molecule has 2 aromatic rings. The van der Waals surface area contributed by atoms with Gasteiger partial charge in [-0.25, -0.2) is 9.97 Å². The van der Waals surface area contributed by atoms with E-state index in [0.29, 0.717) is 43.3 Å². The summed E-state index contributed by atoms with van der Waals surface area (Å²) in [6.07, 6.45) is 5.52. The third-order valence-corrected chi connectivity index (χ3v) is 4.19. The van der Waals surface area contributed by atoms with E-state index in [0.717, 1.165) is 12.1 Å². The molecule has 0 saturated heterocycles. The maximum absolute atomic E-state index is 8.86. The van der Waals surface area contributed by atoms with Gasteiger partial charge >= 0.3 is 0 Å². The van der Waals surface area contributed by atoms with Crippen LogP contribution in [0, 0.1) is 22.7 Å². The lowest BCUT2D eigenvalue weighted by Crippen LogP contribution is -2.27. The molecule has 1 aromatic heterocycles. The average molecular weight is 363 g/mol. The van der Waals surface area contributed by atoms with Gasteiger partial charge in [0.05, 0.1) is 25.0 Å². The van der Waals surface area contributed by atoms with Crippen molar-refractivity contribution in [1.29, 1.82) is 10.5 Å². The number of unbranched alkanes of at least 4 members (excludes halogenated alkanes) is 1. The molecule has 0 saturated carbocycles. The number of rotatable bonds is 10. The van der Waals surface area contributed by atoms with Gasteiger partial charge in [0.15, 0.2) is 11.6 Å². The number of benzene rings is 1. The number of aryl methyl sites for hydroxylation is 1. The van der Waals surface area contributed by atoms with Crippen LogP contribution in [0.2, 0.25) is 0 Å². The smallest absolute Gasteiger partial charge is 0.159 e. The molecule has 1 aromatic carbocycles. The molecule has 27 heavy (non-hydrogen) atoms. The third kappa shape index (κ3) is 5.86. The molecule has 7 heteroatoms. The first-order valence-electron chi connectivity index (χ1n) is 9.14. The van der Waals surface area contributed by atoms with Gasteiger partial charge in [0.1, 0.15) is 12.0 Å². The molecular formula is C20H25N7. The van der Waals surface area contributed by atoms with Gasteiger partial charge in [0.25, 0.3) is 0 Å². The van der Waals surface area contributed by atoms with Crippen LogP contribution >= 0.6 is 0 Å². The van der Waals surface area contributed by atoms with E-state index in [1.54, 1.807) is 0 Å². The molecule has 3 N–H and O–H groups in total. The minimum atomic E-state index is 0.330. The lowest BCUT2D eigenvalue weighted by molar-refractivity contribution is 0.782. The monoisotopic (exact) mass is 363 g/mol. The summed E-state index contributed by atoms with van der Waals surface area (Å²) in [5.41, 5.74) is 8.88. The van der Waals surface area contributed by atoms with Crippen molar-refractivity contribution in [2.75, 3.05) is 29.0 Å². The van der Waals surface area contributed by atoms with Crippen LogP contribution in [0.3, 0.4) is 0 Å². The van der Waals surface area contributed by atoms with Crippen LogP contribution in [0.25, 0.3) is 0 Å². The van der Waals surface area contributed by atoms with Crippen LogP contribution in [-0.2, 0) is 6.42 Å². The second-order valence-electron chi connectivity index (χ2n) is 6.19. The van der Waals surface area contributed by atoms with Crippen molar-refractivity contribution < 1.29 is 0 Å². The summed E-state index contributed by atoms with van der Waals surface area (Å²) in [6, 6.07) is 12.4. The van der Waals surface area contributed by atoms with E-state index in [2.05, 4.69) is 46.5 Å². The Morgan fingerprint density at radius 2 is 1.74 bits per heavy atom. The molecule has 0 bridgehead atoms. The molecule has 0 atom stereocenters. The van der Waals surface area contributed by atoms with E-state index >= 15 is 0 Å². The van der Waals surface area contributed by atoms with E-state index in [-0.39, 0.29) is 0 Å². The number of nitriles is 2. The number of nitrogens with two attached hydrogens (primary N) is 1. The van der Waals surface area contributed by atoms with Gasteiger partial charge in [-0.1, -0.05) is 25.5 Å². The Hall–Kier alpha value is -3.32. The fourth-order valence-electron chi connectivity index (χ4n) is 2.70. The normalized spacial score (nSPS) is 10.0. The van der Waals surface area contributed by atoms with Crippen LogP contribution in [0.1, 0.15) is 38.2 Å². The van der Waals surface area contributed by atoms with Crippen molar-refractivity contribution >= 4 is 23.0 Å². The quantitative estimate of drug-likeness (QED) is 0.660. The number of hydrogen-bond acceptors (Lipinski definition) is 7. The highest BCUT2D eigenvalue weighted by atomic mass is 15.2. The fourth-order valence-corrected chi connectivity index (χ4v) is 2.70. The molecule has 0 aliphatic carbocycles. The molecule has 0 fully saturated rings. The maximum Gasteiger partial charge on any atom is 0.159 e. The lowest BCUT2D eigenvalue weighted by atomic mass is 10.1. The highest BCUT2D eigenvalue weighted by Crippen LogP contribution is 2.29. The summed E-state index contributed by atoms with van der Waals surface area (Å²) < 4.78 is 0. The number of anilines is 4. The van der Waals surface area contributed by atoms with Crippen molar-refractivity contribution in [1.82, 2.24) is 9.97 Å². The minimum absolute atomic E-state index is 0.330. The molecule has 0 amide bonds. The fraction of sp³-hybridized carbons (Fsp3) is 0.400. The number of nitrogen functional groups attached to an aromatic ring is 1. The summed E-state index contributed by atoms with van der Waals surface area (Å²) in [4.78, 5) is 10.4.